The van der Waals surface area contributed by atoms with E-state index in [1.807, 2.05) is 18.7 Å². The van der Waals surface area contributed by atoms with E-state index in [-0.39, 0.29) is 6.10 Å². The topological polar surface area (TPSA) is 58.5 Å². The number of β-amino-alcohol motifs (C(OH)–C–C–N with tert-alkyl or cyclic N) is 1. The van der Waals surface area contributed by atoms with Gasteiger partial charge in [0, 0.05) is 18.6 Å². The summed E-state index contributed by atoms with van der Waals surface area (Å²) < 4.78 is 9.36. The van der Waals surface area contributed by atoms with Crippen LogP contribution in [0.1, 0.15) is 25.8 Å². The molecule has 1 saturated heterocycles. The predicted octanol–water partition coefficient (Wildman–Crippen LogP) is 0.817. The van der Waals surface area contributed by atoms with Crippen LogP contribution in [0.3, 0.4) is 0 Å². The van der Waals surface area contributed by atoms with Gasteiger partial charge >= 0.3 is 0 Å². The first-order valence-corrected chi connectivity index (χ1v) is 5.63. The molecule has 0 aromatic carbocycles. The first-order chi connectivity index (χ1) is 7.02. The van der Waals surface area contributed by atoms with E-state index in [1.54, 1.807) is 7.11 Å². The Morgan fingerprint density at radius 2 is 2.27 bits per heavy atom. The second kappa shape index (κ2) is 3.70. The van der Waals surface area contributed by atoms with Gasteiger partial charge in [-0.05, 0) is 13.8 Å². The fourth-order valence-electron chi connectivity index (χ4n) is 1.54. The normalized spacial score (nSPS) is 21.2. The van der Waals surface area contributed by atoms with Crippen molar-refractivity contribution in [1.29, 1.82) is 0 Å². The Kier molecular flexibility index (Phi) is 2.66. The summed E-state index contributed by atoms with van der Waals surface area (Å²) in [6, 6.07) is 0. The molecule has 2 rings (SSSR count). The van der Waals surface area contributed by atoms with Gasteiger partial charge in [-0.3, -0.25) is 0 Å². The quantitative estimate of drug-likeness (QED) is 0.831. The van der Waals surface area contributed by atoms with Crippen molar-refractivity contribution in [3.05, 3.63) is 5.82 Å². The second-order valence-corrected chi connectivity index (χ2v) is 4.90. The molecule has 2 heterocycles. The standard InChI is InChI=1S/C9H15N3O2S/c1-6(14-3)7-10-8(15-11-7)12-4-9(2,13)5-12/h6,13H,4-5H2,1-3H3. The maximum Gasteiger partial charge on any atom is 0.205 e. The average molecular weight is 229 g/mol. The molecule has 1 fully saturated rings. The van der Waals surface area contributed by atoms with E-state index in [4.69, 9.17) is 4.74 Å². The van der Waals surface area contributed by atoms with Crippen LogP contribution in [-0.2, 0) is 4.74 Å². The van der Waals surface area contributed by atoms with Crippen molar-refractivity contribution in [3.63, 3.8) is 0 Å². The van der Waals surface area contributed by atoms with Crippen molar-refractivity contribution in [3.8, 4) is 0 Å². The Balaban J connectivity index is 2.03. The van der Waals surface area contributed by atoms with Crippen LogP contribution in [-0.4, -0.2) is 40.3 Å². The van der Waals surface area contributed by atoms with E-state index in [0.29, 0.717) is 18.9 Å². The number of hydrogen-bond acceptors (Lipinski definition) is 6. The van der Waals surface area contributed by atoms with E-state index < -0.39 is 5.60 Å². The number of nitrogens with zero attached hydrogens (tertiary/aromatic N) is 3. The Morgan fingerprint density at radius 1 is 1.60 bits per heavy atom. The summed E-state index contributed by atoms with van der Waals surface area (Å²) in [5.74, 6) is 0.712. The van der Waals surface area contributed by atoms with Crippen LogP contribution in [0.4, 0.5) is 5.13 Å². The molecule has 0 spiro atoms. The Bertz CT molecular complexity index is 345. The van der Waals surface area contributed by atoms with Gasteiger partial charge in [-0.2, -0.15) is 4.37 Å². The molecule has 0 radical (unpaired) electrons. The predicted molar refractivity (Wildman–Crippen MR) is 58.2 cm³/mol. The zero-order valence-electron chi connectivity index (χ0n) is 9.10. The minimum Gasteiger partial charge on any atom is -0.386 e. The van der Waals surface area contributed by atoms with Crippen LogP contribution >= 0.6 is 11.5 Å². The molecule has 0 amide bonds. The maximum atomic E-state index is 9.60. The number of methoxy groups -OCH3 is 1. The van der Waals surface area contributed by atoms with Gasteiger partial charge in [0.25, 0.3) is 0 Å². The third-order valence-electron chi connectivity index (χ3n) is 2.48. The Hall–Kier alpha value is -0.720. The largest absolute Gasteiger partial charge is 0.386 e. The zero-order valence-corrected chi connectivity index (χ0v) is 9.91. The van der Waals surface area contributed by atoms with E-state index in [1.165, 1.54) is 11.5 Å². The van der Waals surface area contributed by atoms with Gasteiger partial charge in [-0.15, -0.1) is 0 Å². The van der Waals surface area contributed by atoms with Crippen LogP contribution in [0, 0.1) is 0 Å². The van der Waals surface area contributed by atoms with Gasteiger partial charge in [0.1, 0.15) is 6.10 Å². The molecule has 0 bridgehead atoms. The number of anilines is 1. The molecule has 0 saturated carbocycles. The lowest BCUT2D eigenvalue weighted by Gasteiger charge is -2.43. The second-order valence-electron chi connectivity index (χ2n) is 4.17. The highest BCUT2D eigenvalue weighted by atomic mass is 32.1. The lowest BCUT2D eigenvalue weighted by molar-refractivity contribution is 0.0309. The summed E-state index contributed by atoms with van der Waals surface area (Å²) in [4.78, 5) is 6.38. The highest BCUT2D eigenvalue weighted by Gasteiger charge is 2.38. The van der Waals surface area contributed by atoms with E-state index >= 15 is 0 Å². The molecule has 15 heavy (non-hydrogen) atoms. The van der Waals surface area contributed by atoms with Gasteiger partial charge in [0.05, 0.1) is 18.7 Å². The molecule has 1 unspecified atom stereocenters. The molecule has 1 N–H and O–H groups in total. The Morgan fingerprint density at radius 3 is 2.80 bits per heavy atom. The molecule has 6 heteroatoms. The summed E-state index contributed by atoms with van der Waals surface area (Å²) in [5, 5.41) is 10.5. The summed E-state index contributed by atoms with van der Waals surface area (Å²) in [6.07, 6.45) is -0.0724. The summed E-state index contributed by atoms with van der Waals surface area (Å²) in [6.45, 7) is 4.99. The molecule has 1 aliphatic heterocycles. The van der Waals surface area contributed by atoms with Gasteiger partial charge in [0.2, 0.25) is 5.13 Å². The minimum atomic E-state index is -0.571. The fourth-order valence-corrected chi connectivity index (χ4v) is 2.28. The van der Waals surface area contributed by atoms with Crippen molar-refractivity contribution in [1.82, 2.24) is 9.36 Å². The molecule has 0 aliphatic carbocycles. The lowest BCUT2D eigenvalue weighted by atomic mass is 9.98. The van der Waals surface area contributed by atoms with Gasteiger partial charge in [-0.25, -0.2) is 4.98 Å². The molecular formula is C9H15N3O2S. The first-order valence-electron chi connectivity index (χ1n) is 4.85. The highest BCUT2D eigenvalue weighted by molar-refractivity contribution is 7.09. The van der Waals surface area contributed by atoms with E-state index in [2.05, 4.69) is 9.36 Å². The van der Waals surface area contributed by atoms with Crippen molar-refractivity contribution < 1.29 is 9.84 Å². The minimum absolute atomic E-state index is 0.0724. The molecule has 1 atom stereocenters. The van der Waals surface area contributed by atoms with Crippen LogP contribution in [0.25, 0.3) is 0 Å². The third-order valence-corrected chi connectivity index (χ3v) is 3.27. The number of rotatable bonds is 3. The number of aliphatic hydroxyl groups is 1. The molecule has 5 nitrogen and oxygen atoms in total. The van der Waals surface area contributed by atoms with Crippen molar-refractivity contribution in [2.45, 2.75) is 25.6 Å². The van der Waals surface area contributed by atoms with Crippen LogP contribution < -0.4 is 4.90 Å². The van der Waals surface area contributed by atoms with Crippen LogP contribution in [0.15, 0.2) is 0 Å². The molecule has 84 valence electrons. The number of hydrogen-bond donors (Lipinski definition) is 1. The summed E-state index contributed by atoms with van der Waals surface area (Å²) >= 11 is 1.35. The van der Waals surface area contributed by atoms with E-state index in [9.17, 15) is 5.11 Å². The molecular weight excluding hydrogens is 214 g/mol. The third kappa shape index (κ3) is 2.11. The van der Waals surface area contributed by atoms with Crippen molar-refractivity contribution in [2.75, 3.05) is 25.1 Å². The number of aromatic nitrogens is 2. The fraction of sp³-hybridized carbons (Fsp3) is 0.778. The maximum absolute atomic E-state index is 9.60. The van der Waals surface area contributed by atoms with Crippen LogP contribution in [0.5, 0.6) is 0 Å². The smallest absolute Gasteiger partial charge is 0.205 e. The highest BCUT2D eigenvalue weighted by Crippen LogP contribution is 2.29. The average Bonchev–Trinajstić information content (AvgIpc) is 2.61. The first kappa shape index (κ1) is 10.8. The van der Waals surface area contributed by atoms with Crippen LogP contribution in [0.2, 0.25) is 0 Å². The summed E-state index contributed by atoms with van der Waals surface area (Å²) in [7, 11) is 1.64. The van der Waals surface area contributed by atoms with Gasteiger partial charge < -0.3 is 14.7 Å². The molecule has 1 aliphatic rings. The number of ether oxygens (including phenoxy) is 1. The summed E-state index contributed by atoms with van der Waals surface area (Å²) in [5.41, 5.74) is -0.571. The van der Waals surface area contributed by atoms with Gasteiger partial charge in [0.15, 0.2) is 5.82 Å². The van der Waals surface area contributed by atoms with Crippen molar-refractivity contribution >= 4 is 16.7 Å². The molecule has 1 aromatic rings. The lowest BCUT2D eigenvalue weighted by Crippen LogP contribution is -2.60. The van der Waals surface area contributed by atoms with E-state index in [0.717, 1.165) is 5.13 Å². The van der Waals surface area contributed by atoms with Crippen molar-refractivity contribution in [2.24, 2.45) is 0 Å². The monoisotopic (exact) mass is 229 g/mol. The van der Waals surface area contributed by atoms with Gasteiger partial charge in [-0.1, -0.05) is 0 Å². The SMILES string of the molecule is COC(C)c1nsc(N2CC(C)(O)C2)n1. The zero-order chi connectivity index (χ0) is 11.1. The molecule has 1 aromatic heterocycles. The Labute approximate surface area is 92.9 Å².